The molecule has 7 nitrogen and oxygen atoms in total. The fourth-order valence-electron chi connectivity index (χ4n) is 4.16. The minimum Gasteiger partial charge on any atom is -0.489 e. The van der Waals surface area contributed by atoms with Crippen molar-refractivity contribution >= 4 is 29.1 Å². The number of halogens is 1. The van der Waals surface area contributed by atoms with E-state index in [2.05, 4.69) is 10.2 Å². The Kier molecular flexibility index (Phi) is 7.17. The fourth-order valence-corrected chi connectivity index (χ4v) is 4.45. The molecule has 2 aliphatic rings. The summed E-state index contributed by atoms with van der Waals surface area (Å²) in [7, 11) is 0. The van der Waals surface area contributed by atoms with Crippen LogP contribution >= 0.6 is 11.6 Å². The van der Waals surface area contributed by atoms with E-state index in [1.54, 1.807) is 6.07 Å². The first-order valence-electron chi connectivity index (χ1n) is 11.0. The molecule has 170 valence electrons. The predicted molar refractivity (Wildman–Crippen MR) is 123 cm³/mol. The fraction of sp³-hybridized carbons (Fsp3) is 0.417. The molecule has 2 heterocycles. The number of carbonyl (C=O) groups excluding carboxylic acids is 2. The van der Waals surface area contributed by atoms with Crippen LogP contribution in [0.5, 0.6) is 11.5 Å². The number of rotatable bonds is 6. The third kappa shape index (κ3) is 5.72. The molecule has 8 heteroatoms. The third-order valence-electron chi connectivity index (χ3n) is 5.78. The van der Waals surface area contributed by atoms with Crippen LogP contribution in [0.15, 0.2) is 36.4 Å². The summed E-state index contributed by atoms with van der Waals surface area (Å²) < 4.78 is 11.3. The SMILES string of the molecule is NC(=O)C1CCCN(Cc2ccc(NC(=O)Cc3cc(Cl)c4c(c3)OCCCO4)cc2)C1. The molecule has 1 atom stereocenters. The van der Waals surface area contributed by atoms with Gasteiger partial charge in [0.1, 0.15) is 0 Å². The molecular formula is C24H28ClN3O4. The summed E-state index contributed by atoms with van der Waals surface area (Å²) in [5.74, 6) is 0.699. The molecule has 3 N–H and O–H groups in total. The number of ether oxygens (including phenoxy) is 2. The molecule has 2 aromatic carbocycles. The summed E-state index contributed by atoms with van der Waals surface area (Å²) in [5, 5.41) is 3.38. The van der Waals surface area contributed by atoms with Crippen LogP contribution in [0, 0.1) is 5.92 Å². The first-order chi connectivity index (χ1) is 15.5. The van der Waals surface area contributed by atoms with Gasteiger partial charge in [-0.1, -0.05) is 23.7 Å². The van der Waals surface area contributed by atoms with Gasteiger partial charge in [0.05, 0.1) is 30.6 Å². The second-order valence-electron chi connectivity index (χ2n) is 8.35. The van der Waals surface area contributed by atoms with E-state index in [9.17, 15) is 9.59 Å². The molecule has 4 rings (SSSR count). The van der Waals surface area contributed by atoms with Crippen molar-refractivity contribution in [3.8, 4) is 11.5 Å². The van der Waals surface area contributed by atoms with E-state index in [1.807, 2.05) is 30.3 Å². The molecule has 0 bridgehead atoms. The Labute approximate surface area is 192 Å². The van der Waals surface area contributed by atoms with Crippen LogP contribution in [0.4, 0.5) is 5.69 Å². The van der Waals surface area contributed by atoms with Crippen LogP contribution in [0.3, 0.4) is 0 Å². The quantitative estimate of drug-likeness (QED) is 0.693. The molecule has 1 unspecified atom stereocenters. The van der Waals surface area contributed by atoms with Crippen molar-refractivity contribution in [2.45, 2.75) is 32.2 Å². The lowest BCUT2D eigenvalue weighted by molar-refractivity contribution is -0.123. The molecule has 0 aliphatic carbocycles. The average molecular weight is 458 g/mol. The van der Waals surface area contributed by atoms with Gasteiger partial charge < -0.3 is 20.5 Å². The minimum absolute atomic E-state index is 0.0688. The van der Waals surface area contributed by atoms with Gasteiger partial charge in [0.15, 0.2) is 11.5 Å². The number of benzene rings is 2. The van der Waals surface area contributed by atoms with E-state index in [0.717, 1.165) is 49.2 Å². The second-order valence-corrected chi connectivity index (χ2v) is 8.76. The molecule has 2 aromatic rings. The maximum Gasteiger partial charge on any atom is 0.228 e. The average Bonchev–Trinajstić information content (AvgIpc) is 3.01. The second kappa shape index (κ2) is 10.2. The maximum absolute atomic E-state index is 12.6. The number of fused-ring (bicyclic) bond motifs is 1. The van der Waals surface area contributed by atoms with Crippen molar-refractivity contribution in [2.75, 3.05) is 31.6 Å². The zero-order chi connectivity index (χ0) is 22.5. The van der Waals surface area contributed by atoms with E-state index in [0.29, 0.717) is 36.3 Å². The number of amides is 2. The van der Waals surface area contributed by atoms with Gasteiger partial charge in [0, 0.05) is 25.2 Å². The summed E-state index contributed by atoms with van der Waals surface area (Å²) in [6, 6.07) is 11.3. The molecule has 1 fully saturated rings. The van der Waals surface area contributed by atoms with Gasteiger partial charge in [0.2, 0.25) is 11.8 Å². The van der Waals surface area contributed by atoms with E-state index >= 15 is 0 Å². The van der Waals surface area contributed by atoms with Crippen LogP contribution in [0.25, 0.3) is 0 Å². The first kappa shape index (κ1) is 22.4. The summed E-state index contributed by atoms with van der Waals surface area (Å²) in [6.07, 6.45) is 2.82. The lowest BCUT2D eigenvalue weighted by Crippen LogP contribution is -2.40. The van der Waals surface area contributed by atoms with Gasteiger partial charge in [-0.3, -0.25) is 14.5 Å². The minimum atomic E-state index is -0.220. The highest BCUT2D eigenvalue weighted by molar-refractivity contribution is 6.32. The van der Waals surface area contributed by atoms with Crippen molar-refractivity contribution in [1.82, 2.24) is 4.90 Å². The molecule has 0 radical (unpaired) electrons. The molecule has 0 aromatic heterocycles. The zero-order valence-corrected chi connectivity index (χ0v) is 18.7. The lowest BCUT2D eigenvalue weighted by Gasteiger charge is -2.31. The van der Waals surface area contributed by atoms with Crippen molar-refractivity contribution < 1.29 is 19.1 Å². The van der Waals surface area contributed by atoms with Crippen molar-refractivity contribution in [3.63, 3.8) is 0 Å². The van der Waals surface area contributed by atoms with E-state index < -0.39 is 0 Å². The number of nitrogens with two attached hydrogens (primary N) is 1. The molecular weight excluding hydrogens is 430 g/mol. The Morgan fingerprint density at radius 3 is 2.66 bits per heavy atom. The lowest BCUT2D eigenvalue weighted by atomic mass is 9.97. The highest BCUT2D eigenvalue weighted by Gasteiger charge is 2.23. The number of nitrogens with zero attached hydrogens (tertiary/aromatic N) is 1. The summed E-state index contributed by atoms with van der Waals surface area (Å²) >= 11 is 6.32. The number of nitrogens with one attached hydrogen (secondary N) is 1. The summed E-state index contributed by atoms with van der Waals surface area (Å²) in [6.45, 7) is 3.54. The zero-order valence-electron chi connectivity index (χ0n) is 17.9. The summed E-state index contributed by atoms with van der Waals surface area (Å²) in [5.41, 5.74) is 8.09. The Balaban J connectivity index is 1.33. The number of primary amides is 1. The number of hydrogen-bond donors (Lipinski definition) is 2. The number of carbonyl (C=O) groups is 2. The van der Waals surface area contributed by atoms with E-state index in [4.69, 9.17) is 26.8 Å². The molecule has 0 saturated carbocycles. The van der Waals surface area contributed by atoms with Crippen LogP contribution < -0.4 is 20.5 Å². The third-order valence-corrected chi connectivity index (χ3v) is 6.06. The van der Waals surface area contributed by atoms with Crippen molar-refractivity contribution in [1.29, 1.82) is 0 Å². The first-order valence-corrected chi connectivity index (χ1v) is 11.3. The van der Waals surface area contributed by atoms with Crippen molar-refractivity contribution in [3.05, 3.63) is 52.5 Å². The van der Waals surface area contributed by atoms with E-state index in [-0.39, 0.29) is 24.2 Å². The Morgan fingerprint density at radius 1 is 1.09 bits per heavy atom. The van der Waals surface area contributed by atoms with Crippen molar-refractivity contribution in [2.24, 2.45) is 11.7 Å². The normalized spacial score (nSPS) is 18.6. The Hall–Kier alpha value is -2.77. The predicted octanol–water partition coefficient (Wildman–Crippen LogP) is 3.38. The maximum atomic E-state index is 12.6. The number of anilines is 1. The van der Waals surface area contributed by atoms with Crippen LogP contribution in [0.1, 0.15) is 30.4 Å². The number of likely N-dealkylation sites (tertiary alicyclic amines) is 1. The monoisotopic (exact) mass is 457 g/mol. The molecule has 0 spiro atoms. The van der Waals surface area contributed by atoms with Crippen LogP contribution in [0.2, 0.25) is 5.02 Å². The highest BCUT2D eigenvalue weighted by Crippen LogP contribution is 2.38. The molecule has 2 amide bonds. The molecule has 1 saturated heterocycles. The molecule has 2 aliphatic heterocycles. The van der Waals surface area contributed by atoms with Gasteiger partial charge >= 0.3 is 0 Å². The number of hydrogen-bond acceptors (Lipinski definition) is 5. The molecule has 32 heavy (non-hydrogen) atoms. The largest absolute Gasteiger partial charge is 0.489 e. The van der Waals surface area contributed by atoms with Gasteiger partial charge in [-0.05, 0) is 54.8 Å². The topological polar surface area (TPSA) is 93.9 Å². The Bertz CT molecular complexity index is 980. The standard InChI is InChI=1S/C24H28ClN3O4/c25-20-11-17(12-21-23(20)32-10-2-9-31-21)13-22(29)27-19-6-4-16(5-7-19)14-28-8-1-3-18(15-28)24(26)30/h4-7,11-12,18H,1-3,8-10,13-15H2,(H2,26,30)(H,27,29). The smallest absolute Gasteiger partial charge is 0.228 e. The summed E-state index contributed by atoms with van der Waals surface area (Å²) in [4.78, 5) is 26.3. The van der Waals surface area contributed by atoms with E-state index in [1.165, 1.54) is 0 Å². The highest BCUT2D eigenvalue weighted by atomic mass is 35.5. The van der Waals surface area contributed by atoms with Crippen LogP contribution in [-0.2, 0) is 22.6 Å². The van der Waals surface area contributed by atoms with Gasteiger partial charge in [-0.25, -0.2) is 0 Å². The number of piperidine rings is 1. The van der Waals surface area contributed by atoms with Crippen LogP contribution in [-0.4, -0.2) is 43.0 Å². The van der Waals surface area contributed by atoms with Gasteiger partial charge in [-0.15, -0.1) is 0 Å². The Morgan fingerprint density at radius 2 is 1.88 bits per heavy atom. The van der Waals surface area contributed by atoms with Gasteiger partial charge in [-0.2, -0.15) is 0 Å². The van der Waals surface area contributed by atoms with Gasteiger partial charge in [0.25, 0.3) is 0 Å².